The van der Waals surface area contributed by atoms with Gasteiger partial charge in [0.15, 0.2) is 0 Å². The van der Waals surface area contributed by atoms with Crippen molar-refractivity contribution in [3.63, 3.8) is 0 Å². The first kappa shape index (κ1) is 36.1. The molecule has 120 valence electrons. The number of hydrogen-bond donors (Lipinski definition) is 0. The second-order valence-corrected chi connectivity index (χ2v) is 6.59. The molecule has 0 radical (unpaired) electrons. The normalized spacial score (nSPS) is 11.2. The molecule has 0 aliphatic carbocycles. The SMILES string of the molecule is C.C.C.C.CCC(C)(C)C.CCC(C)C(C)(C)C. The van der Waals surface area contributed by atoms with Gasteiger partial charge in [-0.1, -0.05) is 105 Å². The molecule has 18 heavy (non-hydrogen) atoms. The summed E-state index contributed by atoms with van der Waals surface area (Å²) in [5.74, 6) is 0.850. The average molecular weight is 265 g/mol. The van der Waals surface area contributed by atoms with Crippen molar-refractivity contribution in [1.29, 1.82) is 0 Å². The topological polar surface area (TPSA) is 0 Å². The van der Waals surface area contributed by atoms with Crippen molar-refractivity contribution in [1.82, 2.24) is 0 Å². The quantitative estimate of drug-likeness (QED) is 0.449. The standard InChI is InChI=1S/C8H18.C6H14.4CH4/c1-6-7(2)8(3,4)5;1-5-6(2,3)4;;;;/h7H,6H2,1-5H3;5H2,1-4H3;4*1H4. The van der Waals surface area contributed by atoms with Gasteiger partial charge in [0, 0.05) is 0 Å². The monoisotopic (exact) mass is 264 g/mol. The molecule has 0 amide bonds. The summed E-state index contributed by atoms with van der Waals surface area (Å²) in [5.41, 5.74) is 1.05. The molecule has 1 atom stereocenters. The Morgan fingerprint density at radius 2 is 0.944 bits per heavy atom. The Kier molecular flexibility index (Phi) is 30.2. The third-order valence-corrected chi connectivity index (χ3v) is 3.15. The molecule has 0 aromatic rings. The lowest BCUT2D eigenvalue weighted by atomic mass is 9.81. The first-order chi connectivity index (χ1) is 6.04. The van der Waals surface area contributed by atoms with Crippen molar-refractivity contribution < 1.29 is 0 Å². The summed E-state index contributed by atoms with van der Waals surface area (Å²) in [6, 6.07) is 0. The van der Waals surface area contributed by atoms with Crippen LogP contribution in [0.5, 0.6) is 0 Å². The van der Waals surface area contributed by atoms with E-state index >= 15 is 0 Å². The Labute approximate surface area is 122 Å². The minimum absolute atomic E-state index is 0. The third-order valence-electron chi connectivity index (χ3n) is 3.15. The molecule has 0 heteroatoms. The Morgan fingerprint density at radius 3 is 0.944 bits per heavy atom. The van der Waals surface area contributed by atoms with E-state index in [0.717, 1.165) is 5.92 Å². The highest BCUT2D eigenvalue weighted by molar-refractivity contribution is 4.67. The summed E-state index contributed by atoms with van der Waals surface area (Å²) in [6.45, 7) is 20.4. The fourth-order valence-corrected chi connectivity index (χ4v) is 0.612. The van der Waals surface area contributed by atoms with Crippen LogP contribution in [0, 0.1) is 16.7 Å². The fraction of sp³-hybridized carbons (Fsp3) is 1.00. The van der Waals surface area contributed by atoms with E-state index in [9.17, 15) is 0 Å². The maximum absolute atomic E-state index is 2.31. The molecule has 0 bridgehead atoms. The van der Waals surface area contributed by atoms with Gasteiger partial charge < -0.3 is 0 Å². The molecule has 0 aliphatic rings. The van der Waals surface area contributed by atoms with Crippen LogP contribution in [0.1, 0.15) is 105 Å². The first-order valence-corrected chi connectivity index (χ1v) is 6.04. The number of rotatable bonds is 1. The highest BCUT2D eigenvalue weighted by atomic mass is 14.2. The third kappa shape index (κ3) is 29.8. The van der Waals surface area contributed by atoms with E-state index < -0.39 is 0 Å². The van der Waals surface area contributed by atoms with E-state index in [-0.39, 0.29) is 29.7 Å². The van der Waals surface area contributed by atoms with E-state index in [1.807, 2.05) is 0 Å². The maximum atomic E-state index is 2.31. The maximum Gasteiger partial charge on any atom is -0.0357 e. The second kappa shape index (κ2) is 15.1. The molecule has 0 N–H and O–H groups in total. The van der Waals surface area contributed by atoms with Gasteiger partial charge in [0.1, 0.15) is 0 Å². The predicted molar refractivity (Wildman–Crippen MR) is 95.6 cm³/mol. The summed E-state index contributed by atoms with van der Waals surface area (Å²) < 4.78 is 0. The van der Waals surface area contributed by atoms with Crippen LogP contribution >= 0.6 is 0 Å². The van der Waals surface area contributed by atoms with E-state index in [1.54, 1.807) is 0 Å². The zero-order chi connectivity index (χ0) is 12.0. The van der Waals surface area contributed by atoms with Crippen LogP contribution in [-0.2, 0) is 0 Å². The van der Waals surface area contributed by atoms with Gasteiger partial charge in [-0.2, -0.15) is 0 Å². The summed E-state index contributed by atoms with van der Waals surface area (Å²) in [7, 11) is 0. The fourth-order valence-electron chi connectivity index (χ4n) is 0.612. The highest BCUT2D eigenvalue weighted by Gasteiger charge is 2.16. The van der Waals surface area contributed by atoms with Gasteiger partial charge in [0.05, 0.1) is 0 Å². The lowest BCUT2D eigenvalue weighted by Crippen LogP contribution is -2.15. The van der Waals surface area contributed by atoms with Crippen LogP contribution in [0.3, 0.4) is 0 Å². The Hall–Kier alpha value is 0. The van der Waals surface area contributed by atoms with Crippen molar-refractivity contribution in [2.24, 2.45) is 16.7 Å². The zero-order valence-corrected chi connectivity index (χ0v) is 12.0. The molecule has 0 aromatic heterocycles. The van der Waals surface area contributed by atoms with Crippen LogP contribution < -0.4 is 0 Å². The van der Waals surface area contributed by atoms with Gasteiger partial charge in [0.2, 0.25) is 0 Å². The largest absolute Gasteiger partial charge is 0.0776 e. The molecule has 0 fully saturated rings. The molecule has 0 aliphatic heterocycles. The van der Waals surface area contributed by atoms with Gasteiger partial charge in [-0.05, 0) is 16.7 Å². The molecule has 0 saturated carbocycles. The molecular formula is C18H48. The smallest absolute Gasteiger partial charge is 0.0357 e. The highest BCUT2D eigenvalue weighted by Crippen LogP contribution is 2.27. The molecular weight excluding hydrogens is 216 g/mol. The van der Waals surface area contributed by atoms with Gasteiger partial charge in [-0.25, -0.2) is 0 Å². The van der Waals surface area contributed by atoms with Crippen molar-refractivity contribution in [3.8, 4) is 0 Å². The minimum atomic E-state index is 0. The van der Waals surface area contributed by atoms with Crippen LogP contribution in [0.25, 0.3) is 0 Å². The zero-order valence-electron chi connectivity index (χ0n) is 12.0. The van der Waals surface area contributed by atoms with E-state index in [4.69, 9.17) is 0 Å². The van der Waals surface area contributed by atoms with Crippen LogP contribution in [0.2, 0.25) is 0 Å². The Bertz CT molecular complexity index is 120. The van der Waals surface area contributed by atoms with E-state index in [1.165, 1.54) is 12.8 Å². The summed E-state index contributed by atoms with van der Waals surface area (Å²) in [5, 5.41) is 0. The predicted octanol–water partition coefficient (Wildman–Crippen LogP) is 8.07. The van der Waals surface area contributed by atoms with Crippen LogP contribution in [-0.4, -0.2) is 0 Å². The Balaban J connectivity index is -0.0000000335. The lowest BCUT2D eigenvalue weighted by molar-refractivity contribution is 0.254. The van der Waals surface area contributed by atoms with E-state index in [2.05, 4.69) is 62.3 Å². The first-order valence-electron chi connectivity index (χ1n) is 6.04. The van der Waals surface area contributed by atoms with Crippen LogP contribution in [0.15, 0.2) is 0 Å². The lowest BCUT2D eigenvalue weighted by Gasteiger charge is -2.25. The van der Waals surface area contributed by atoms with Crippen molar-refractivity contribution in [3.05, 3.63) is 0 Å². The van der Waals surface area contributed by atoms with Gasteiger partial charge in [-0.15, -0.1) is 0 Å². The van der Waals surface area contributed by atoms with Crippen molar-refractivity contribution >= 4 is 0 Å². The summed E-state index contributed by atoms with van der Waals surface area (Å²) >= 11 is 0. The molecule has 0 saturated heterocycles. The van der Waals surface area contributed by atoms with Crippen LogP contribution in [0.4, 0.5) is 0 Å². The summed E-state index contributed by atoms with van der Waals surface area (Å²) in [6.07, 6.45) is 2.57. The Morgan fingerprint density at radius 1 is 0.722 bits per heavy atom. The molecule has 0 rings (SSSR count). The molecule has 0 nitrogen and oxygen atoms in total. The van der Waals surface area contributed by atoms with Gasteiger partial charge in [0.25, 0.3) is 0 Å². The van der Waals surface area contributed by atoms with E-state index in [0.29, 0.717) is 10.8 Å². The molecule has 0 heterocycles. The van der Waals surface area contributed by atoms with Crippen molar-refractivity contribution in [2.45, 2.75) is 105 Å². The molecule has 1 unspecified atom stereocenters. The number of hydrogen-bond acceptors (Lipinski definition) is 0. The minimum Gasteiger partial charge on any atom is -0.0776 e. The van der Waals surface area contributed by atoms with Gasteiger partial charge >= 0.3 is 0 Å². The second-order valence-electron chi connectivity index (χ2n) is 6.59. The molecule has 0 aromatic carbocycles. The summed E-state index contributed by atoms with van der Waals surface area (Å²) in [4.78, 5) is 0. The average Bonchev–Trinajstić information content (AvgIpc) is 2.01. The van der Waals surface area contributed by atoms with Crippen molar-refractivity contribution in [2.75, 3.05) is 0 Å². The van der Waals surface area contributed by atoms with Gasteiger partial charge in [-0.3, -0.25) is 0 Å². The molecule has 0 spiro atoms.